The number of fused-ring (bicyclic) bond motifs is 2. The molecule has 0 atom stereocenters. The molecule has 3 aromatic carbocycles. The highest BCUT2D eigenvalue weighted by molar-refractivity contribution is 5.90. The van der Waals surface area contributed by atoms with Gasteiger partial charge in [0.05, 0.1) is 31.7 Å². The molecule has 0 fully saturated rings. The van der Waals surface area contributed by atoms with Crippen molar-refractivity contribution < 1.29 is 64.5 Å². The zero-order valence-corrected chi connectivity index (χ0v) is 23.4. The van der Waals surface area contributed by atoms with Gasteiger partial charge in [-0.25, -0.2) is 4.79 Å². The summed E-state index contributed by atoms with van der Waals surface area (Å²) in [5.41, 5.74) is 1.05. The number of benzene rings is 3. The first-order valence-corrected chi connectivity index (χ1v) is 13.3. The van der Waals surface area contributed by atoms with Crippen molar-refractivity contribution in [2.45, 2.75) is 19.0 Å². The minimum atomic E-state index is -1.30. The van der Waals surface area contributed by atoms with Gasteiger partial charge >= 0.3 is 29.8 Å². The van der Waals surface area contributed by atoms with Crippen LogP contribution in [0.15, 0.2) is 48.5 Å². The predicted octanol–water partition coefficient (Wildman–Crippen LogP) is 2.02. The number of phenols is 2. The van der Waals surface area contributed by atoms with Crippen LogP contribution in [-0.2, 0) is 32.3 Å². The number of carboxylic acid groups (broad SMARTS) is 5. The molecule has 1 heterocycles. The quantitative estimate of drug-likeness (QED) is 0.106. The van der Waals surface area contributed by atoms with E-state index in [1.165, 1.54) is 36.4 Å². The molecule has 4 rings (SSSR count). The summed E-state index contributed by atoms with van der Waals surface area (Å²) >= 11 is 0. The number of aliphatic carboxylic acids is 4. The molecule has 0 saturated carbocycles. The number of nitrogens with zero attached hydrogens (tertiary/aromatic N) is 2. The first kappa shape index (κ1) is 32.2. The second kappa shape index (κ2) is 13.3. The molecule has 0 amide bonds. The Balaban J connectivity index is 1.89. The molecule has 45 heavy (non-hydrogen) atoms. The normalized spacial score (nSPS) is 12.3. The smallest absolute Gasteiger partial charge is 0.335 e. The second-order valence-corrected chi connectivity index (χ2v) is 10.3. The molecular formula is C30H28N2O13. The fraction of sp³-hybridized carbons (Fsp3) is 0.233. The molecule has 0 unspecified atom stereocenters. The lowest BCUT2D eigenvalue weighted by atomic mass is 9.79. The third-order valence-electron chi connectivity index (χ3n) is 6.99. The van der Waals surface area contributed by atoms with Crippen LogP contribution in [0.5, 0.6) is 23.0 Å². The Hall–Kier alpha value is -5.67. The highest BCUT2D eigenvalue weighted by atomic mass is 16.5. The molecule has 1 aliphatic heterocycles. The van der Waals surface area contributed by atoms with Crippen molar-refractivity contribution in [2.24, 2.45) is 0 Å². The van der Waals surface area contributed by atoms with Crippen molar-refractivity contribution in [3.8, 4) is 23.0 Å². The van der Waals surface area contributed by atoms with Crippen LogP contribution < -0.4 is 4.74 Å². The van der Waals surface area contributed by atoms with Crippen LogP contribution in [0.1, 0.15) is 44.1 Å². The van der Waals surface area contributed by atoms with Gasteiger partial charge in [0.1, 0.15) is 23.0 Å². The molecule has 0 aliphatic carbocycles. The Morgan fingerprint density at radius 3 is 1.38 bits per heavy atom. The van der Waals surface area contributed by atoms with E-state index in [0.717, 1.165) is 9.80 Å². The Labute approximate surface area is 254 Å². The summed E-state index contributed by atoms with van der Waals surface area (Å²) in [6, 6.07) is 11.4. The lowest BCUT2D eigenvalue weighted by Gasteiger charge is -2.31. The molecule has 0 bridgehead atoms. The predicted molar refractivity (Wildman–Crippen MR) is 152 cm³/mol. The Kier molecular flexibility index (Phi) is 9.54. The number of ether oxygens (including phenoxy) is 1. The zero-order chi connectivity index (χ0) is 33.0. The molecule has 0 saturated heterocycles. The Morgan fingerprint density at radius 1 is 0.600 bits per heavy atom. The first-order valence-electron chi connectivity index (χ1n) is 13.3. The third-order valence-corrected chi connectivity index (χ3v) is 6.99. The van der Waals surface area contributed by atoms with E-state index < -0.39 is 61.9 Å². The first-order chi connectivity index (χ1) is 21.2. The molecule has 0 spiro atoms. The monoisotopic (exact) mass is 624 g/mol. The van der Waals surface area contributed by atoms with Gasteiger partial charge in [0.2, 0.25) is 0 Å². The van der Waals surface area contributed by atoms with E-state index in [9.17, 15) is 59.7 Å². The van der Waals surface area contributed by atoms with E-state index >= 15 is 0 Å². The second-order valence-electron chi connectivity index (χ2n) is 10.3. The van der Waals surface area contributed by atoms with Gasteiger partial charge < -0.3 is 40.5 Å². The Bertz CT molecular complexity index is 1560. The third kappa shape index (κ3) is 7.65. The number of carboxylic acids is 5. The van der Waals surface area contributed by atoms with Crippen molar-refractivity contribution in [1.82, 2.24) is 9.80 Å². The van der Waals surface area contributed by atoms with Crippen LogP contribution in [0.25, 0.3) is 0 Å². The van der Waals surface area contributed by atoms with Gasteiger partial charge in [-0.2, -0.15) is 0 Å². The minimum absolute atomic E-state index is 0.0718. The zero-order valence-electron chi connectivity index (χ0n) is 23.4. The minimum Gasteiger partial charge on any atom is -0.507 e. The summed E-state index contributed by atoms with van der Waals surface area (Å²) < 4.78 is 6.00. The van der Waals surface area contributed by atoms with Crippen LogP contribution in [0.3, 0.4) is 0 Å². The number of aromatic carboxylic acids is 1. The van der Waals surface area contributed by atoms with Gasteiger partial charge in [-0.1, -0.05) is 18.2 Å². The van der Waals surface area contributed by atoms with Crippen molar-refractivity contribution in [3.05, 3.63) is 81.9 Å². The molecule has 0 radical (unpaired) electrons. The maximum absolute atomic E-state index is 12.3. The van der Waals surface area contributed by atoms with Crippen LogP contribution >= 0.6 is 0 Å². The largest absolute Gasteiger partial charge is 0.507 e. The maximum Gasteiger partial charge on any atom is 0.335 e. The van der Waals surface area contributed by atoms with Gasteiger partial charge in [0.15, 0.2) is 0 Å². The molecule has 7 N–H and O–H groups in total. The van der Waals surface area contributed by atoms with E-state index in [0.29, 0.717) is 11.1 Å². The van der Waals surface area contributed by atoms with Crippen LogP contribution in [0.2, 0.25) is 0 Å². The Morgan fingerprint density at radius 2 is 1.00 bits per heavy atom. The molecule has 236 valence electrons. The molecule has 3 aromatic rings. The van der Waals surface area contributed by atoms with Crippen LogP contribution in [-0.4, -0.2) is 102 Å². The number of phenolic OH excluding ortho intramolecular Hbond substituents is 2. The number of hydrogen-bond acceptors (Lipinski definition) is 10. The van der Waals surface area contributed by atoms with E-state index in [2.05, 4.69) is 0 Å². The fourth-order valence-corrected chi connectivity index (χ4v) is 5.29. The number of aromatic hydroxyl groups is 2. The summed E-state index contributed by atoms with van der Waals surface area (Å²) in [5.74, 6) is -7.97. The van der Waals surface area contributed by atoms with E-state index in [-0.39, 0.29) is 58.3 Å². The average molecular weight is 625 g/mol. The standard InChI is InChI=1S/C30H28N2O13/c33-21-7-23-19(5-15(21)9-31(11-25(35)36)12-26(37)38)29(17-3-1-2-4-18(17)30(43)44)20-6-16(22(34)8-24(20)45-23)10-32(13-27(39)40)14-28(41)42/h1-8,29,33-34H,9-14H2,(H,35,36)(H,37,38)(H,39,40)(H,41,42)(H,43,44). The van der Waals surface area contributed by atoms with Gasteiger partial charge in [0, 0.05) is 53.4 Å². The summed E-state index contributed by atoms with van der Waals surface area (Å²) in [6.45, 7) is -3.23. The van der Waals surface area contributed by atoms with Gasteiger partial charge in [-0.05, 0) is 23.8 Å². The van der Waals surface area contributed by atoms with Gasteiger partial charge in [-0.15, -0.1) is 0 Å². The average Bonchev–Trinajstić information content (AvgIpc) is 2.91. The number of rotatable bonds is 14. The number of hydrogen-bond donors (Lipinski definition) is 7. The van der Waals surface area contributed by atoms with Crippen molar-refractivity contribution >= 4 is 29.8 Å². The van der Waals surface area contributed by atoms with E-state index in [1.807, 2.05) is 0 Å². The van der Waals surface area contributed by atoms with Crippen molar-refractivity contribution in [2.75, 3.05) is 26.2 Å². The number of carbonyl (C=O) groups is 5. The summed E-state index contributed by atoms with van der Waals surface area (Å²) in [5, 5.41) is 68.7. The highest BCUT2D eigenvalue weighted by Gasteiger charge is 2.34. The highest BCUT2D eigenvalue weighted by Crippen LogP contribution is 2.51. The molecule has 1 aliphatic rings. The summed E-state index contributed by atoms with van der Waals surface area (Å²) in [6.07, 6.45) is 0. The SMILES string of the molecule is O=C(O)CN(CC(=O)O)Cc1cc2c(cc1O)Oc1cc(O)c(CN(CC(=O)O)CC(=O)O)cc1C2c1ccccc1C(=O)O. The molecule has 15 nitrogen and oxygen atoms in total. The van der Waals surface area contributed by atoms with E-state index in [1.54, 1.807) is 12.1 Å². The van der Waals surface area contributed by atoms with E-state index in [4.69, 9.17) is 4.74 Å². The van der Waals surface area contributed by atoms with Gasteiger partial charge in [-0.3, -0.25) is 29.0 Å². The fourth-order valence-electron chi connectivity index (χ4n) is 5.29. The molecule has 15 heteroatoms. The summed E-state index contributed by atoms with van der Waals surface area (Å²) in [7, 11) is 0. The molecule has 0 aromatic heterocycles. The molecular weight excluding hydrogens is 596 g/mol. The van der Waals surface area contributed by atoms with Crippen molar-refractivity contribution in [1.29, 1.82) is 0 Å². The topological polar surface area (TPSA) is 243 Å². The lowest BCUT2D eigenvalue weighted by Crippen LogP contribution is -2.34. The van der Waals surface area contributed by atoms with Crippen molar-refractivity contribution in [3.63, 3.8) is 0 Å². The lowest BCUT2D eigenvalue weighted by molar-refractivity contribution is -0.144. The van der Waals surface area contributed by atoms with Gasteiger partial charge in [0.25, 0.3) is 0 Å². The maximum atomic E-state index is 12.3. The van der Waals surface area contributed by atoms with Crippen LogP contribution in [0, 0.1) is 0 Å². The van der Waals surface area contributed by atoms with Crippen LogP contribution in [0.4, 0.5) is 0 Å². The summed E-state index contributed by atoms with van der Waals surface area (Å²) in [4.78, 5) is 59.9.